The Morgan fingerprint density at radius 3 is 2.82 bits per heavy atom. The number of nitrogens with one attached hydrogen (secondary N) is 1. The summed E-state index contributed by atoms with van der Waals surface area (Å²) in [5.41, 5.74) is 2.27. The summed E-state index contributed by atoms with van der Waals surface area (Å²) in [4.78, 5) is 15.5. The zero-order valence-corrected chi connectivity index (χ0v) is 10.3. The van der Waals surface area contributed by atoms with Crippen LogP contribution in [0.25, 0.3) is 0 Å². The van der Waals surface area contributed by atoms with E-state index < -0.39 is 11.5 Å². The molecular weight excluding hydrogens is 216 g/mol. The van der Waals surface area contributed by atoms with Crippen molar-refractivity contribution in [2.45, 2.75) is 45.1 Å². The molecule has 0 radical (unpaired) electrons. The smallest absolute Gasteiger partial charge is 0.328 e. The highest BCUT2D eigenvalue weighted by Crippen LogP contribution is 2.28. The van der Waals surface area contributed by atoms with Gasteiger partial charge < -0.3 is 10.4 Å². The van der Waals surface area contributed by atoms with Crippen molar-refractivity contribution in [3.05, 3.63) is 23.5 Å². The van der Waals surface area contributed by atoms with Gasteiger partial charge in [0.25, 0.3) is 0 Å². The van der Waals surface area contributed by atoms with Crippen LogP contribution < -0.4 is 5.32 Å². The normalized spacial score (nSPS) is 15.2. The van der Waals surface area contributed by atoms with Crippen LogP contribution in [0.2, 0.25) is 0 Å². The number of aromatic nitrogens is 1. The first kappa shape index (κ1) is 11.9. The van der Waals surface area contributed by atoms with E-state index in [4.69, 9.17) is 5.11 Å². The maximum atomic E-state index is 11.1. The molecule has 1 heterocycles. The third kappa shape index (κ3) is 2.40. The summed E-state index contributed by atoms with van der Waals surface area (Å²) in [6.45, 7) is 3.34. The van der Waals surface area contributed by atoms with Crippen molar-refractivity contribution >= 4 is 11.7 Å². The molecule has 1 aliphatic carbocycles. The Morgan fingerprint density at radius 1 is 1.41 bits per heavy atom. The SMILES string of the molecule is CC(C)(Nc1ccnc2c1CCCC2)C(=O)O. The molecule has 1 aromatic rings. The van der Waals surface area contributed by atoms with Crippen LogP contribution in [0.5, 0.6) is 0 Å². The average Bonchev–Trinajstić information content (AvgIpc) is 2.29. The van der Waals surface area contributed by atoms with Gasteiger partial charge in [-0.05, 0) is 51.2 Å². The van der Waals surface area contributed by atoms with Gasteiger partial charge in [-0.1, -0.05) is 0 Å². The van der Waals surface area contributed by atoms with Gasteiger partial charge in [-0.15, -0.1) is 0 Å². The van der Waals surface area contributed by atoms with Crippen molar-refractivity contribution < 1.29 is 9.90 Å². The zero-order valence-electron chi connectivity index (χ0n) is 10.3. The quantitative estimate of drug-likeness (QED) is 0.842. The average molecular weight is 234 g/mol. The van der Waals surface area contributed by atoms with Crippen LogP contribution >= 0.6 is 0 Å². The molecule has 0 aromatic carbocycles. The van der Waals surface area contributed by atoms with Crippen molar-refractivity contribution in [3.63, 3.8) is 0 Å². The molecule has 17 heavy (non-hydrogen) atoms. The molecule has 0 unspecified atom stereocenters. The third-order valence-corrected chi connectivity index (χ3v) is 3.22. The molecule has 4 nitrogen and oxygen atoms in total. The zero-order chi connectivity index (χ0) is 12.5. The van der Waals surface area contributed by atoms with Crippen LogP contribution in [0.3, 0.4) is 0 Å². The summed E-state index contributed by atoms with van der Waals surface area (Å²) in [6.07, 6.45) is 6.07. The van der Waals surface area contributed by atoms with Gasteiger partial charge in [0.1, 0.15) is 5.54 Å². The standard InChI is InChI=1S/C13H18N2O2/c1-13(2,12(16)17)15-11-7-8-14-10-6-4-3-5-9(10)11/h7-8H,3-6H2,1-2H3,(H,14,15)(H,16,17). The second kappa shape index (κ2) is 4.35. The molecular formula is C13H18N2O2. The van der Waals surface area contributed by atoms with Crippen LogP contribution in [-0.4, -0.2) is 21.6 Å². The van der Waals surface area contributed by atoms with Gasteiger partial charge in [0.2, 0.25) is 0 Å². The maximum absolute atomic E-state index is 11.1. The molecule has 0 saturated carbocycles. The highest BCUT2D eigenvalue weighted by atomic mass is 16.4. The lowest BCUT2D eigenvalue weighted by atomic mass is 9.93. The Hall–Kier alpha value is -1.58. The molecule has 0 aliphatic heterocycles. The predicted molar refractivity (Wildman–Crippen MR) is 66.2 cm³/mol. The second-order valence-electron chi connectivity index (χ2n) is 5.05. The molecule has 0 amide bonds. The van der Waals surface area contributed by atoms with Crippen molar-refractivity contribution in [1.82, 2.24) is 4.98 Å². The first-order valence-corrected chi connectivity index (χ1v) is 5.99. The van der Waals surface area contributed by atoms with Crippen molar-refractivity contribution in [2.75, 3.05) is 5.32 Å². The van der Waals surface area contributed by atoms with Gasteiger partial charge in [0.05, 0.1) is 0 Å². The summed E-state index contributed by atoms with van der Waals surface area (Å²) in [7, 11) is 0. The lowest BCUT2D eigenvalue weighted by Gasteiger charge is -2.26. The fourth-order valence-corrected chi connectivity index (χ4v) is 2.13. The molecule has 2 rings (SSSR count). The number of anilines is 1. The molecule has 1 aromatic heterocycles. The highest BCUT2D eigenvalue weighted by molar-refractivity contribution is 5.82. The highest BCUT2D eigenvalue weighted by Gasteiger charge is 2.28. The number of hydrogen-bond donors (Lipinski definition) is 2. The summed E-state index contributed by atoms with van der Waals surface area (Å²) in [5, 5.41) is 12.2. The molecule has 1 aliphatic rings. The number of pyridine rings is 1. The summed E-state index contributed by atoms with van der Waals surface area (Å²) >= 11 is 0. The van der Waals surface area contributed by atoms with Gasteiger partial charge in [-0.2, -0.15) is 0 Å². The van der Waals surface area contributed by atoms with Gasteiger partial charge in [-0.25, -0.2) is 4.79 Å². The molecule has 0 atom stereocenters. The van der Waals surface area contributed by atoms with Crippen molar-refractivity contribution in [2.24, 2.45) is 0 Å². The van der Waals surface area contributed by atoms with E-state index in [0.717, 1.165) is 30.6 Å². The number of aliphatic carboxylic acids is 1. The van der Waals surface area contributed by atoms with Gasteiger partial charge in [0, 0.05) is 17.6 Å². The number of nitrogens with zero attached hydrogens (tertiary/aromatic N) is 1. The Bertz CT molecular complexity index is 441. The van der Waals surface area contributed by atoms with Crippen molar-refractivity contribution in [1.29, 1.82) is 0 Å². The van der Waals surface area contributed by atoms with E-state index in [-0.39, 0.29) is 0 Å². The third-order valence-electron chi connectivity index (χ3n) is 3.22. The Kier molecular flexibility index (Phi) is 3.05. The number of aryl methyl sites for hydroxylation is 1. The fraction of sp³-hybridized carbons (Fsp3) is 0.538. The number of rotatable bonds is 3. The Labute approximate surface area is 101 Å². The topological polar surface area (TPSA) is 62.2 Å². The minimum absolute atomic E-state index is 0.848. The van der Waals surface area contributed by atoms with E-state index in [1.807, 2.05) is 6.07 Å². The van der Waals surface area contributed by atoms with Crippen LogP contribution in [0.1, 0.15) is 37.9 Å². The van der Waals surface area contributed by atoms with Crippen LogP contribution in [0, 0.1) is 0 Å². The van der Waals surface area contributed by atoms with Gasteiger partial charge in [-0.3, -0.25) is 4.98 Å². The lowest BCUT2D eigenvalue weighted by Crippen LogP contribution is -2.40. The van der Waals surface area contributed by atoms with Gasteiger partial charge in [0.15, 0.2) is 0 Å². The monoisotopic (exact) mass is 234 g/mol. The van der Waals surface area contributed by atoms with E-state index in [2.05, 4.69) is 10.3 Å². The summed E-state index contributed by atoms with van der Waals surface area (Å²) in [6, 6.07) is 1.87. The van der Waals surface area contributed by atoms with Crippen LogP contribution in [0.4, 0.5) is 5.69 Å². The molecule has 0 bridgehead atoms. The number of hydrogen-bond acceptors (Lipinski definition) is 3. The van der Waals surface area contributed by atoms with Crippen molar-refractivity contribution in [3.8, 4) is 0 Å². The number of carboxylic acid groups (broad SMARTS) is 1. The molecule has 4 heteroatoms. The molecule has 0 fully saturated rings. The second-order valence-corrected chi connectivity index (χ2v) is 5.05. The number of carboxylic acids is 1. The maximum Gasteiger partial charge on any atom is 0.328 e. The van der Waals surface area contributed by atoms with E-state index >= 15 is 0 Å². The minimum atomic E-state index is -0.952. The Morgan fingerprint density at radius 2 is 2.12 bits per heavy atom. The minimum Gasteiger partial charge on any atom is -0.480 e. The van der Waals surface area contributed by atoms with Crippen LogP contribution in [-0.2, 0) is 17.6 Å². The Balaban J connectivity index is 2.30. The van der Waals surface area contributed by atoms with E-state index in [1.165, 1.54) is 12.0 Å². The lowest BCUT2D eigenvalue weighted by molar-refractivity contribution is -0.141. The summed E-state index contributed by atoms with van der Waals surface area (Å²) < 4.78 is 0. The van der Waals surface area contributed by atoms with E-state index in [0.29, 0.717) is 0 Å². The molecule has 2 N–H and O–H groups in total. The largest absolute Gasteiger partial charge is 0.480 e. The number of carbonyl (C=O) groups is 1. The van der Waals surface area contributed by atoms with Gasteiger partial charge >= 0.3 is 5.97 Å². The van der Waals surface area contributed by atoms with E-state index in [9.17, 15) is 4.79 Å². The number of fused-ring (bicyclic) bond motifs is 1. The van der Waals surface area contributed by atoms with Crippen LogP contribution in [0.15, 0.2) is 12.3 Å². The predicted octanol–water partition coefficient (Wildman–Crippen LogP) is 2.24. The van der Waals surface area contributed by atoms with E-state index in [1.54, 1.807) is 20.0 Å². The summed E-state index contributed by atoms with van der Waals surface area (Å²) in [5.74, 6) is -0.848. The molecule has 0 spiro atoms. The first-order valence-electron chi connectivity index (χ1n) is 5.99. The molecule has 0 saturated heterocycles. The first-order chi connectivity index (χ1) is 8.00. The molecule has 92 valence electrons. The fourth-order valence-electron chi connectivity index (χ4n) is 2.13.